The van der Waals surface area contributed by atoms with Gasteiger partial charge in [-0.25, -0.2) is 0 Å². The SMILES string of the molecule is C.C.COP(=O)([O-])OC. The maximum atomic E-state index is 9.95. The van der Waals surface area contributed by atoms with Gasteiger partial charge in [0.2, 0.25) is 0 Å². The maximum absolute atomic E-state index is 9.95. The largest absolute Gasteiger partial charge is 0.756 e. The van der Waals surface area contributed by atoms with Crippen LogP contribution in [0.4, 0.5) is 0 Å². The minimum atomic E-state index is -3.90. The Bertz CT molecular complexity index is 84.6. The smallest absolute Gasteiger partial charge is 0.267 e. The third kappa shape index (κ3) is 8.11. The van der Waals surface area contributed by atoms with Crippen LogP contribution >= 0.6 is 7.82 Å². The Morgan fingerprint density at radius 2 is 1.44 bits per heavy atom. The summed E-state index contributed by atoms with van der Waals surface area (Å²) in [7, 11) is -1.83. The van der Waals surface area contributed by atoms with Crippen molar-refractivity contribution in [3.05, 3.63) is 0 Å². The highest BCUT2D eigenvalue weighted by Crippen LogP contribution is 2.34. The number of hydrogen-bond acceptors (Lipinski definition) is 4. The van der Waals surface area contributed by atoms with Crippen LogP contribution in [-0.4, -0.2) is 14.2 Å². The first-order valence-electron chi connectivity index (χ1n) is 1.55. The quantitative estimate of drug-likeness (QED) is 0.561. The summed E-state index contributed by atoms with van der Waals surface area (Å²) in [5.41, 5.74) is 0. The van der Waals surface area contributed by atoms with Crippen molar-refractivity contribution in [3.63, 3.8) is 0 Å². The summed E-state index contributed by atoms with van der Waals surface area (Å²) in [4.78, 5) is 9.95. The minimum Gasteiger partial charge on any atom is -0.756 e. The van der Waals surface area contributed by atoms with Crippen molar-refractivity contribution < 1.29 is 18.5 Å². The van der Waals surface area contributed by atoms with Gasteiger partial charge in [0.05, 0.1) is 0 Å². The van der Waals surface area contributed by atoms with Crippen molar-refractivity contribution >= 4 is 7.82 Å². The first-order chi connectivity index (χ1) is 3.12. The Kier molecular flexibility index (Phi) is 11.1. The summed E-state index contributed by atoms with van der Waals surface area (Å²) < 4.78 is 17.7. The van der Waals surface area contributed by atoms with Gasteiger partial charge >= 0.3 is 0 Å². The van der Waals surface area contributed by atoms with Crippen LogP contribution in [0.2, 0.25) is 0 Å². The zero-order valence-corrected chi connectivity index (χ0v) is 4.97. The van der Waals surface area contributed by atoms with E-state index in [1.54, 1.807) is 0 Å². The fraction of sp³-hybridized carbons (Fsp3) is 1.00. The first kappa shape index (κ1) is 16.1. The molecule has 0 spiro atoms. The fourth-order valence-corrected chi connectivity index (χ4v) is 0.224. The average Bonchev–Trinajstić information content (AvgIpc) is 1.68. The molecule has 0 aromatic rings. The van der Waals surface area contributed by atoms with Gasteiger partial charge in [-0.3, -0.25) is 4.57 Å². The summed E-state index contributed by atoms with van der Waals surface area (Å²) in [5.74, 6) is 0. The molecule has 0 atom stereocenters. The van der Waals surface area contributed by atoms with Gasteiger partial charge in [-0.1, -0.05) is 14.9 Å². The zero-order chi connectivity index (χ0) is 5.91. The molecule has 0 heterocycles. The fourth-order valence-electron chi connectivity index (χ4n) is 0.0745. The Hall–Kier alpha value is 0.110. The third-order valence-corrected chi connectivity index (χ3v) is 1.34. The standard InChI is InChI=1S/C2H7O4P.2CH4/c1-5-7(3,4)6-2;;/h1-2H3,(H,3,4);2*1H4/p-1. The van der Waals surface area contributed by atoms with Gasteiger partial charge in [0.1, 0.15) is 0 Å². The Morgan fingerprint density at radius 3 is 1.44 bits per heavy atom. The topological polar surface area (TPSA) is 58.6 Å². The first-order valence-corrected chi connectivity index (χ1v) is 3.01. The van der Waals surface area contributed by atoms with Crippen LogP contribution in [0.3, 0.4) is 0 Å². The second-order valence-corrected chi connectivity index (χ2v) is 2.44. The number of hydrogen-bond donors (Lipinski definition) is 0. The van der Waals surface area contributed by atoms with E-state index < -0.39 is 7.82 Å². The third-order valence-electron chi connectivity index (χ3n) is 0.447. The van der Waals surface area contributed by atoms with Crippen molar-refractivity contribution in [2.24, 2.45) is 0 Å². The van der Waals surface area contributed by atoms with Crippen molar-refractivity contribution in [3.8, 4) is 0 Å². The molecular weight excluding hydrogens is 143 g/mol. The van der Waals surface area contributed by atoms with Crippen LogP contribution < -0.4 is 4.89 Å². The Labute approximate surface area is 56.4 Å². The number of rotatable bonds is 2. The molecule has 4 nitrogen and oxygen atoms in total. The lowest BCUT2D eigenvalue weighted by molar-refractivity contribution is -0.220. The molecule has 0 unspecified atom stereocenters. The normalized spacial score (nSPS) is 9.22. The predicted octanol–water partition coefficient (Wildman–Crippen LogP) is 1.02. The molecule has 0 aliphatic carbocycles. The molecule has 0 aliphatic rings. The summed E-state index contributed by atoms with van der Waals surface area (Å²) in [6.07, 6.45) is 0. The molecular formula is C4H14O4P-. The van der Waals surface area contributed by atoms with Crippen molar-refractivity contribution in [2.75, 3.05) is 14.2 Å². The summed E-state index contributed by atoms with van der Waals surface area (Å²) in [5, 5.41) is 0. The molecule has 5 heteroatoms. The van der Waals surface area contributed by atoms with Gasteiger partial charge in [-0.15, -0.1) is 0 Å². The van der Waals surface area contributed by atoms with E-state index in [4.69, 9.17) is 0 Å². The van der Waals surface area contributed by atoms with E-state index in [1.807, 2.05) is 0 Å². The average molecular weight is 157 g/mol. The lowest BCUT2D eigenvalue weighted by Crippen LogP contribution is -2.02. The zero-order valence-electron chi connectivity index (χ0n) is 4.08. The molecule has 0 saturated heterocycles. The van der Waals surface area contributed by atoms with Crippen LogP contribution in [-0.2, 0) is 13.6 Å². The molecule has 60 valence electrons. The van der Waals surface area contributed by atoms with E-state index >= 15 is 0 Å². The minimum absolute atomic E-state index is 0. The molecule has 0 bridgehead atoms. The second-order valence-electron chi connectivity index (χ2n) is 0.812. The second kappa shape index (κ2) is 6.23. The Balaban J connectivity index is -0.000000180. The summed E-state index contributed by atoms with van der Waals surface area (Å²) in [6, 6.07) is 0. The van der Waals surface area contributed by atoms with Gasteiger partial charge in [-0.2, -0.15) is 0 Å². The molecule has 0 aliphatic heterocycles. The van der Waals surface area contributed by atoms with E-state index in [0.29, 0.717) is 0 Å². The van der Waals surface area contributed by atoms with Gasteiger partial charge < -0.3 is 13.9 Å². The predicted molar refractivity (Wildman–Crippen MR) is 35.1 cm³/mol. The molecule has 0 aromatic heterocycles. The summed E-state index contributed by atoms with van der Waals surface area (Å²) >= 11 is 0. The van der Waals surface area contributed by atoms with E-state index in [9.17, 15) is 9.46 Å². The van der Waals surface area contributed by atoms with Crippen molar-refractivity contribution in [1.29, 1.82) is 0 Å². The molecule has 0 radical (unpaired) electrons. The van der Waals surface area contributed by atoms with Crippen LogP contribution in [0, 0.1) is 0 Å². The van der Waals surface area contributed by atoms with Gasteiger partial charge in [0, 0.05) is 14.2 Å². The number of phosphoric ester groups is 1. The molecule has 0 rings (SSSR count). The summed E-state index contributed by atoms with van der Waals surface area (Å²) in [6.45, 7) is 0. The molecule has 0 N–H and O–H groups in total. The molecule has 0 aromatic carbocycles. The molecule has 0 amide bonds. The molecule has 0 fully saturated rings. The van der Waals surface area contributed by atoms with Crippen LogP contribution in [0.1, 0.15) is 14.9 Å². The molecule has 9 heavy (non-hydrogen) atoms. The Morgan fingerprint density at radius 1 is 1.22 bits per heavy atom. The van der Waals surface area contributed by atoms with E-state index in [2.05, 4.69) is 9.05 Å². The van der Waals surface area contributed by atoms with Crippen LogP contribution in [0.5, 0.6) is 0 Å². The van der Waals surface area contributed by atoms with E-state index in [0.717, 1.165) is 14.2 Å². The van der Waals surface area contributed by atoms with Gasteiger partial charge in [0.15, 0.2) is 0 Å². The van der Waals surface area contributed by atoms with Gasteiger partial charge in [0.25, 0.3) is 7.82 Å². The highest BCUT2D eigenvalue weighted by atomic mass is 31.2. The lowest BCUT2D eigenvalue weighted by atomic mass is 11.8. The maximum Gasteiger partial charge on any atom is 0.267 e. The van der Waals surface area contributed by atoms with Crippen molar-refractivity contribution in [2.45, 2.75) is 14.9 Å². The lowest BCUT2D eigenvalue weighted by Gasteiger charge is -2.16. The van der Waals surface area contributed by atoms with E-state index in [-0.39, 0.29) is 14.9 Å². The van der Waals surface area contributed by atoms with Crippen LogP contribution in [0.25, 0.3) is 0 Å². The monoisotopic (exact) mass is 157 g/mol. The highest BCUT2D eigenvalue weighted by molar-refractivity contribution is 7.45. The van der Waals surface area contributed by atoms with Crippen LogP contribution in [0.15, 0.2) is 0 Å². The number of phosphoric acid groups is 1. The van der Waals surface area contributed by atoms with Gasteiger partial charge in [-0.05, 0) is 0 Å². The molecule has 0 saturated carbocycles. The van der Waals surface area contributed by atoms with E-state index in [1.165, 1.54) is 0 Å². The highest BCUT2D eigenvalue weighted by Gasteiger charge is 1.98. The van der Waals surface area contributed by atoms with Crippen molar-refractivity contribution in [1.82, 2.24) is 0 Å².